The van der Waals surface area contributed by atoms with Gasteiger partial charge in [0.05, 0.1) is 11.2 Å². The Hall–Kier alpha value is -0.120. The number of nitrogens with two attached hydrogens (primary N) is 1. The van der Waals surface area contributed by atoms with Crippen molar-refractivity contribution in [3.63, 3.8) is 0 Å². The lowest BCUT2D eigenvalue weighted by Gasteiger charge is -2.51. The lowest BCUT2D eigenvalue weighted by molar-refractivity contribution is -0.185. The molecule has 1 aliphatic heterocycles. The molecule has 0 bridgehead atoms. The molecule has 0 atom stereocenters. The summed E-state index contributed by atoms with van der Waals surface area (Å²) in [6, 6.07) is 0. The first-order valence-corrected chi connectivity index (χ1v) is 6.96. The Morgan fingerprint density at radius 2 is 1.39 bits per heavy atom. The van der Waals surface area contributed by atoms with Gasteiger partial charge in [0.2, 0.25) is 0 Å². The fourth-order valence-corrected chi connectivity index (χ4v) is 2.82. The van der Waals surface area contributed by atoms with E-state index in [1.54, 1.807) is 0 Å². The van der Waals surface area contributed by atoms with Gasteiger partial charge in [-0.3, -0.25) is 4.90 Å². The summed E-state index contributed by atoms with van der Waals surface area (Å²) < 4.78 is 6.12. The van der Waals surface area contributed by atoms with E-state index in [1.165, 1.54) is 0 Å². The van der Waals surface area contributed by atoms with Gasteiger partial charge < -0.3 is 10.5 Å². The molecule has 0 aromatic heterocycles. The second-order valence-corrected chi connectivity index (χ2v) is 8.37. The van der Waals surface area contributed by atoms with E-state index in [1.807, 2.05) is 0 Å². The first kappa shape index (κ1) is 15.9. The van der Waals surface area contributed by atoms with E-state index >= 15 is 0 Å². The quantitative estimate of drug-likeness (QED) is 0.843. The minimum absolute atomic E-state index is 0.0799. The van der Waals surface area contributed by atoms with Crippen LogP contribution in [0.1, 0.15) is 55.4 Å². The Bertz CT molecular complexity index is 284. The van der Waals surface area contributed by atoms with Crippen LogP contribution in [-0.2, 0) is 4.74 Å². The molecule has 3 nitrogen and oxygen atoms in total. The maximum absolute atomic E-state index is 6.31. The molecule has 1 fully saturated rings. The highest BCUT2D eigenvalue weighted by Gasteiger charge is 2.42. The summed E-state index contributed by atoms with van der Waals surface area (Å²) in [6.45, 7) is 20.4. The van der Waals surface area contributed by atoms with Crippen LogP contribution < -0.4 is 5.73 Å². The standard InChI is InChI=1S/C15H32N2O/c1-12(2,15(7,8)16)9-17-10-13(3,4)18-14(5,6)11-17/h9-11,16H2,1-8H3. The molecule has 18 heavy (non-hydrogen) atoms. The molecule has 0 aromatic rings. The van der Waals surface area contributed by atoms with Crippen molar-refractivity contribution >= 4 is 0 Å². The number of ether oxygens (including phenoxy) is 1. The normalized spacial score (nSPS) is 25.2. The Morgan fingerprint density at radius 1 is 1.00 bits per heavy atom. The van der Waals surface area contributed by atoms with Gasteiger partial charge in [0.15, 0.2) is 0 Å². The highest BCUT2D eigenvalue weighted by molar-refractivity contribution is 4.96. The van der Waals surface area contributed by atoms with Gasteiger partial charge >= 0.3 is 0 Å². The molecule has 0 aromatic carbocycles. The van der Waals surface area contributed by atoms with Gasteiger partial charge in [0, 0.05) is 25.2 Å². The number of morpholine rings is 1. The smallest absolute Gasteiger partial charge is 0.0760 e. The maximum Gasteiger partial charge on any atom is 0.0760 e. The lowest BCUT2D eigenvalue weighted by atomic mass is 9.74. The Labute approximate surface area is 113 Å². The largest absolute Gasteiger partial charge is 0.367 e. The van der Waals surface area contributed by atoms with Gasteiger partial charge in [0.1, 0.15) is 0 Å². The summed E-state index contributed by atoms with van der Waals surface area (Å²) in [5.41, 5.74) is 6.03. The van der Waals surface area contributed by atoms with Crippen molar-refractivity contribution in [1.29, 1.82) is 0 Å². The van der Waals surface area contributed by atoms with E-state index < -0.39 is 0 Å². The van der Waals surface area contributed by atoms with E-state index in [-0.39, 0.29) is 22.2 Å². The summed E-state index contributed by atoms with van der Waals surface area (Å²) in [7, 11) is 0. The van der Waals surface area contributed by atoms with Gasteiger partial charge in [0.25, 0.3) is 0 Å². The summed E-state index contributed by atoms with van der Waals surface area (Å²) >= 11 is 0. The first-order valence-electron chi connectivity index (χ1n) is 6.96. The topological polar surface area (TPSA) is 38.5 Å². The van der Waals surface area contributed by atoms with E-state index in [4.69, 9.17) is 10.5 Å². The van der Waals surface area contributed by atoms with Crippen LogP contribution in [0.2, 0.25) is 0 Å². The Balaban J connectivity index is 2.79. The first-order chi connectivity index (χ1) is 7.74. The van der Waals surface area contributed by atoms with Crippen LogP contribution in [0, 0.1) is 5.41 Å². The predicted octanol–water partition coefficient (Wildman–Crippen LogP) is 2.64. The molecule has 0 amide bonds. The van der Waals surface area contributed by atoms with Gasteiger partial charge in [-0.1, -0.05) is 13.8 Å². The summed E-state index contributed by atoms with van der Waals surface area (Å²) in [5.74, 6) is 0. The molecule has 3 heteroatoms. The second-order valence-electron chi connectivity index (χ2n) is 8.37. The molecule has 1 rings (SSSR count). The van der Waals surface area contributed by atoms with E-state index in [0.717, 1.165) is 19.6 Å². The minimum atomic E-state index is -0.181. The van der Waals surface area contributed by atoms with E-state index in [0.29, 0.717) is 0 Å². The zero-order valence-corrected chi connectivity index (χ0v) is 13.6. The van der Waals surface area contributed by atoms with Crippen molar-refractivity contribution < 1.29 is 4.74 Å². The maximum atomic E-state index is 6.31. The van der Waals surface area contributed by atoms with Crippen molar-refractivity contribution in [3.05, 3.63) is 0 Å². The fraction of sp³-hybridized carbons (Fsp3) is 1.00. The van der Waals surface area contributed by atoms with Crippen LogP contribution in [0.3, 0.4) is 0 Å². The van der Waals surface area contributed by atoms with Crippen molar-refractivity contribution in [1.82, 2.24) is 4.90 Å². The van der Waals surface area contributed by atoms with E-state index in [2.05, 4.69) is 60.3 Å². The van der Waals surface area contributed by atoms with Gasteiger partial charge in [-0.25, -0.2) is 0 Å². The molecular weight excluding hydrogens is 224 g/mol. The van der Waals surface area contributed by atoms with Crippen molar-refractivity contribution in [2.45, 2.75) is 72.1 Å². The summed E-state index contributed by atoms with van der Waals surface area (Å²) in [4.78, 5) is 2.50. The molecular formula is C15H32N2O. The molecule has 0 saturated carbocycles. The molecule has 0 spiro atoms. The minimum Gasteiger partial charge on any atom is -0.367 e. The monoisotopic (exact) mass is 256 g/mol. The van der Waals surface area contributed by atoms with Crippen LogP contribution in [-0.4, -0.2) is 41.3 Å². The number of hydrogen-bond donors (Lipinski definition) is 1. The number of nitrogens with zero attached hydrogens (tertiary/aromatic N) is 1. The predicted molar refractivity (Wildman–Crippen MR) is 77.7 cm³/mol. The molecule has 0 aliphatic carbocycles. The SMILES string of the molecule is CC1(C)CN(CC(C)(C)C(C)(C)N)CC(C)(C)O1. The third-order valence-electron chi connectivity index (χ3n) is 4.12. The Kier molecular flexibility index (Phi) is 3.95. The van der Waals surface area contributed by atoms with Gasteiger partial charge in [-0.05, 0) is 47.0 Å². The Morgan fingerprint density at radius 3 is 1.72 bits per heavy atom. The zero-order chi connectivity index (χ0) is 14.4. The highest BCUT2D eigenvalue weighted by atomic mass is 16.5. The van der Waals surface area contributed by atoms with Crippen LogP contribution in [0.4, 0.5) is 0 Å². The third-order valence-corrected chi connectivity index (χ3v) is 4.12. The van der Waals surface area contributed by atoms with Crippen LogP contribution >= 0.6 is 0 Å². The third kappa shape index (κ3) is 3.94. The number of hydrogen-bond acceptors (Lipinski definition) is 3. The van der Waals surface area contributed by atoms with Crippen molar-refractivity contribution in [2.75, 3.05) is 19.6 Å². The molecule has 108 valence electrons. The van der Waals surface area contributed by atoms with Crippen LogP contribution in [0.5, 0.6) is 0 Å². The van der Waals surface area contributed by atoms with Crippen molar-refractivity contribution in [2.24, 2.45) is 11.1 Å². The van der Waals surface area contributed by atoms with Crippen LogP contribution in [0.25, 0.3) is 0 Å². The summed E-state index contributed by atoms with van der Waals surface area (Å²) in [5, 5.41) is 0. The molecule has 0 unspecified atom stereocenters. The highest BCUT2D eigenvalue weighted by Crippen LogP contribution is 2.34. The van der Waals surface area contributed by atoms with Crippen LogP contribution in [0.15, 0.2) is 0 Å². The van der Waals surface area contributed by atoms with Gasteiger partial charge in [-0.2, -0.15) is 0 Å². The summed E-state index contributed by atoms with van der Waals surface area (Å²) in [6.07, 6.45) is 0. The van der Waals surface area contributed by atoms with Gasteiger partial charge in [-0.15, -0.1) is 0 Å². The zero-order valence-electron chi connectivity index (χ0n) is 13.6. The van der Waals surface area contributed by atoms with Crippen molar-refractivity contribution in [3.8, 4) is 0 Å². The second kappa shape index (κ2) is 4.46. The van der Waals surface area contributed by atoms with E-state index in [9.17, 15) is 0 Å². The average Bonchev–Trinajstić information content (AvgIpc) is 1.92. The molecule has 1 saturated heterocycles. The molecule has 2 N–H and O–H groups in total. The average molecular weight is 256 g/mol. The molecule has 0 radical (unpaired) electrons. The lowest BCUT2D eigenvalue weighted by Crippen LogP contribution is -2.61. The molecule has 1 aliphatic rings. The number of rotatable bonds is 3. The molecule has 1 heterocycles. The fourth-order valence-electron chi connectivity index (χ4n) is 2.82.